The summed E-state index contributed by atoms with van der Waals surface area (Å²) in [4.78, 5) is 2.22. The fourth-order valence-electron chi connectivity index (χ4n) is 0.962. The van der Waals surface area contributed by atoms with Gasteiger partial charge in [-0.2, -0.15) is 0 Å². The highest BCUT2D eigenvalue weighted by Gasteiger charge is 2.06. The summed E-state index contributed by atoms with van der Waals surface area (Å²) in [5.41, 5.74) is 0. The van der Waals surface area contributed by atoms with E-state index >= 15 is 0 Å². The van der Waals surface area contributed by atoms with Crippen molar-refractivity contribution in [3.05, 3.63) is 0 Å². The van der Waals surface area contributed by atoms with E-state index in [-0.39, 0.29) is 19.0 Å². The molecule has 10 heavy (non-hydrogen) atoms. The minimum atomic E-state index is 0. The van der Waals surface area contributed by atoms with Gasteiger partial charge in [0.2, 0.25) is 0 Å². The standard InChI is InChI=1S/C7H17NO.ClH/c1-4-8(5-2)7(3)6-9;/h7,9H,4-6H2,1-3H3;1H. The number of hydrogen-bond acceptors (Lipinski definition) is 2. The summed E-state index contributed by atoms with van der Waals surface area (Å²) in [7, 11) is 0. The van der Waals surface area contributed by atoms with Crippen LogP contribution in [-0.4, -0.2) is 35.7 Å². The number of aliphatic hydroxyl groups is 1. The molecule has 0 saturated heterocycles. The van der Waals surface area contributed by atoms with Crippen LogP contribution < -0.4 is 0 Å². The van der Waals surface area contributed by atoms with Crippen LogP contribution in [0.2, 0.25) is 0 Å². The van der Waals surface area contributed by atoms with Crippen LogP contribution in [-0.2, 0) is 0 Å². The summed E-state index contributed by atoms with van der Waals surface area (Å²) in [6.07, 6.45) is 0. The minimum Gasteiger partial charge on any atom is -0.395 e. The van der Waals surface area contributed by atoms with Crippen LogP contribution in [0.4, 0.5) is 0 Å². The van der Waals surface area contributed by atoms with Crippen LogP contribution in [0.3, 0.4) is 0 Å². The first-order chi connectivity index (χ1) is 4.26. The molecule has 0 amide bonds. The van der Waals surface area contributed by atoms with E-state index < -0.39 is 0 Å². The summed E-state index contributed by atoms with van der Waals surface area (Å²) in [5.74, 6) is 0. The Morgan fingerprint density at radius 1 is 1.30 bits per heavy atom. The van der Waals surface area contributed by atoms with E-state index in [1.54, 1.807) is 0 Å². The second-order valence-electron chi connectivity index (χ2n) is 2.25. The molecular formula is C7H18ClNO. The number of likely N-dealkylation sites (N-methyl/N-ethyl adjacent to an activating group) is 1. The molecule has 0 heterocycles. The van der Waals surface area contributed by atoms with Crippen LogP contribution >= 0.6 is 12.4 Å². The van der Waals surface area contributed by atoms with Gasteiger partial charge in [-0.15, -0.1) is 12.4 Å². The molecule has 0 saturated carbocycles. The maximum absolute atomic E-state index is 8.73. The molecule has 3 heteroatoms. The van der Waals surface area contributed by atoms with Gasteiger partial charge in [0.05, 0.1) is 6.61 Å². The first-order valence-corrected chi connectivity index (χ1v) is 3.61. The smallest absolute Gasteiger partial charge is 0.0584 e. The molecule has 0 bridgehead atoms. The Morgan fingerprint density at radius 2 is 1.70 bits per heavy atom. The number of rotatable bonds is 4. The van der Waals surface area contributed by atoms with Crippen molar-refractivity contribution in [3.63, 3.8) is 0 Å². The topological polar surface area (TPSA) is 23.5 Å². The third kappa shape index (κ3) is 4.09. The quantitative estimate of drug-likeness (QED) is 0.679. The maximum atomic E-state index is 8.73. The van der Waals surface area contributed by atoms with Crippen molar-refractivity contribution in [1.29, 1.82) is 0 Å². The first-order valence-electron chi connectivity index (χ1n) is 3.61. The van der Waals surface area contributed by atoms with Crippen LogP contribution in [0, 0.1) is 0 Å². The van der Waals surface area contributed by atoms with Gasteiger partial charge in [-0.25, -0.2) is 0 Å². The van der Waals surface area contributed by atoms with E-state index in [9.17, 15) is 0 Å². The maximum Gasteiger partial charge on any atom is 0.0584 e. The van der Waals surface area contributed by atoms with Gasteiger partial charge in [-0.1, -0.05) is 13.8 Å². The molecule has 1 N–H and O–H groups in total. The predicted molar refractivity (Wildman–Crippen MR) is 46.7 cm³/mol. The molecular weight excluding hydrogens is 150 g/mol. The van der Waals surface area contributed by atoms with Gasteiger partial charge in [0.25, 0.3) is 0 Å². The summed E-state index contributed by atoms with van der Waals surface area (Å²) in [6.45, 7) is 8.57. The van der Waals surface area contributed by atoms with E-state index in [1.807, 2.05) is 6.92 Å². The molecule has 0 aliphatic carbocycles. The second-order valence-corrected chi connectivity index (χ2v) is 2.25. The number of aliphatic hydroxyl groups excluding tert-OH is 1. The van der Waals surface area contributed by atoms with Gasteiger partial charge >= 0.3 is 0 Å². The highest BCUT2D eigenvalue weighted by atomic mass is 35.5. The van der Waals surface area contributed by atoms with Gasteiger partial charge in [0.15, 0.2) is 0 Å². The molecule has 0 aromatic heterocycles. The lowest BCUT2D eigenvalue weighted by Crippen LogP contribution is -2.35. The monoisotopic (exact) mass is 167 g/mol. The van der Waals surface area contributed by atoms with Gasteiger partial charge < -0.3 is 5.11 Å². The fourth-order valence-corrected chi connectivity index (χ4v) is 0.962. The normalized spacial score (nSPS) is 12.9. The Hall–Kier alpha value is 0.210. The van der Waals surface area contributed by atoms with Gasteiger partial charge in [0.1, 0.15) is 0 Å². The molecule has 0 aromatic carbocycles. The zero-order valence-corrected chi connectivity index (χ0v) is 7.82. The number of halogens is 1. The highest BCUT2D eigenvalue weighted by molar-refractivity contribution is 5.85. The molecule has 1 atom stereocenters. The average molecular weight is 168 g/mol. The first kappa shape index (κ1) is 12.8. The minimum absolute atomic E-state index is 0. The molecule has 0 aliphatic rings. The third-order valence-electron chi connectivity index (χ3n) is 1.70. The molecule has 64 valence electrons. The summed E-state index contributed by atoms with van der Waals surface area (Å²) in [5, 5.41) is 8.73. The van der Waals surface area contributed by atoms with E-state index in [2.05, 4.69) is 18.7 Å². The van der Waals surface area contributed by atoms with Crippen LogP contribution in [0.25, 0.3) is 0 Å². The van der Waals surface area contributed by atoms with Crippen molar-refractivity contribution in [2.75, 3.05) is 19.7 Å². The molecule has 0 spiro atoms. The molecule has 0 fully saturated rings. The molecule has 0 radical (unpaired) electrons. The fraction of sp³-hybridized carbons (Fsp3) is 1.00. The zero-order valence-electron chi connectivity index (χ0n) is 7.00. The molecule has 1 unspecified atom stereocenters. The highest BCUT2D eigenvalue weighted by Crippen LogP contribution is 1.95. The lowest BCUT2D eigenvalue weighted by atomic mass is 10.3. The van der Waals surface area contributed by atoms with Crippen molar-refractivity contribution in [1.82, 2.24) is 4.90 Å². The molecule has 0 rings (SSSR count). The number of nitrogens with zero attached hydrogens (tertiary/aromatic N) is 1. The van der Waals surface area contributed by atoms with Crippen molar-refractivity contribution >= 4 is 12.4 Å². The van der Waals surface area contributed by atoms with Crippen LogP contribution in [0.15, 0.2) is 0 Å². The average Bonchev–Trinajstić information content (AvgIpc) is 1.90. The van der Waals surface area contributed by atoms with Crippen molar-refractivity contribution < 1.29 is 5.11 Å². The van der Waals surface area contributed by atoms with Crippen molar-refractivity contribution in [2.24, 2.45) is 0 Å². The van der Waals surface area contributed by atoms with Crippen LogP contribution in [0.5, 0.6) is 0 Å². The van der Waals surface area contributed by atoms with E-state index in [0.717, 1.165) is 13.1 Å². The van der Waals surface area contributed by atoms with Crippen molar-refractivity contribution in [3.8, 4) is 0 Å². The van der Waals surface area contributed by atoms with Gasteiger partial charge in [0, 0.05) is 6.04 Å². The number of hydrogen-bond donors (Lipinski definition) is 1. The molecule has 0 aliphatic heterocycles. The van der Waals surface area contributed by atoms with Crippen molar-refractivity contribution in [2.45, 2.75) is 26.8 Å². The Bertz CT molecular complexity index is 66.6. The Kier molecular flexibility index (Phi) is 9.40. The summed E-state index contributed by atoms with van der Waals surface area (Å²) >= 11 is 0. The SMILES string of the molecule is CCN(CC)C(C)CO.Cl. The molecule has 0 aromatic rings. The Morgan fingerprint density at radius 3 is 1.80 bits per heavy atom. The lowest BCUT2D eigenvalue weighted by molar-refractivity contribution is 0.145. The predicted octanol–water partition coefficient (Wildman–Crippen LogP) is 1.13. The van der Waals surface area contributed by atoms with Crippen LogP contribution in [0.1, 0.15) is 20.8 Å². The zero-order chi connectivity index (χ0) is 7.28. The van der Waals surface area contributed by atoms with E-state index in [0.29, 0.717) is 6.04 Å². The van der Waals surface area contributed by atoms with Gasteiger partial charge in [-0.3, -0.25) is 4.90 Å². The van der Waals surface area contributed by atoms with Gasteiger partial charge in [-0.05, 0) is 20.0 Å². The second kappa shape index (κ2) is 7.32. The largest absolute Gasteiger partial charge is 0.395 e. The Labute approximate surface area is 69.6 Å². The molecule has 2 nitrogen and oxygen atoms in total. The summed E-state index contributed by atoms with van der Waals surface area (Å²) in [6, 6.07) is 0.319. The summed E-state index contributed by atoms with van der Waals surface area (Å²) < 4.78 is 0. The van der Waals surface area contributed by atoms with E-state index in [1.165, 1.54) is 0 Å². The van der Waals surface area contributed by atoms with E-state index in [4.69, 9.17) is 5.11 Å². The Balaban J connectivity index is 0. The third-order valence-corrected chi connectivity index (χ3v) is 1.70. The lowest BCUT2D eigenvalue weighted by Gasteiger charge is -2.23.